The number of carbonyl (C=O) groups excluding carboxylic acids is 1. The Labute approximate surface area is 150 Å². The van der Waals surface area contributed by atoms with Crippen LogP contribution in [0.2, 0.25) is 0 Å². The van der Waals surface area contributed by atoms with Gasteiger partial charge in [-0.3, -0.25) is 9.59 Å². The van der Waals surface area contributed by atoms with Gasteiger partial charge in [-0.15, -0.1) is 0 Å². The summed E-state index contributed by atoms with van der Waals surface area (Å²) in [6.45, 7) is 5.64. The predicted molar refractivity (Wildman–Crippen MR) is 86.6 cm³/mol. The highest BCUT2D eigenvalue weighted by Crippen LogP contribution is 2.77. The lowest BCUT2D eigenvalue weighted by Gasteiger charge is -2.48. The number of ether oxygens (including phenoxy) is 1. The van der Waals surface area contributed by atoms with Gasteiger partial charge >= 0.3 is 11.9 Å². The van der Waals surface area contributed by atoms with E-state index in [-0.39, 0.29) is 18.8 Å². The Kier molecular flexibility index (Phi) is 2.90. The summed E-state index contributed by atoms with van der Waals surface area (Å²) in [6.07, 6.45) is -1.82. The largest absolute Gasteiger partial charge is 0.481 e. The number of rotatable bonds is 1. The van der Waals surface area contributed by atoms with Crippen LogP contribution in [0.15, 0.2) is 12.2 Å². The topological polar surface area (TPSA) is 124 Å². The molecule has 4 N–H and O–H groups in total. The minimum absolute atomic E-state index is 0.0296. The number of carboxylic acid groups (broad SMARTS) is 1. The minimum Gasteiger partial charge on any atom is -0.481 e. The number of aliphatic hydroxyl groups excluding tert-OH is 3. The summed E-state index contributed by atoms with van der Waals surface area (Å²) in [5.74, 6) is -4.03. The van der Waals surface area contributed by atoms with Crippen LogP contribution in [0, 0.1) is 34.5 Å². The van der Waals surface area contributed by atoms with Crippen molar-refractivity contribution in [1.82, 2.24) is 0 Å². The van der Waals surface area contributed by atoms with Crippen molar-refractivity contribution in [3.8, 4) is 0 Å². The molecule has 0 amide bonds. The summed E-state index contributed by atoms with van der Waals surface area (Å²) in [7, 11) is 0. The molecule has 0 aromatic heterocycles. The molecule has 5 rings (SSSR count). The standard InChI is InChI=1S/C19H24O7/c1-7-5-18-6-8(7)9(20)3-10(18)19-12(22)4-11(21)17(2,16(25)26-19)14(19)13(18)15(23)24/h8-14,20-22H,1,3-6H2,2H3,(H,23,24). The zero-order chi connectivity index (χ0) is 18.8. The first-order valence-corrected chi connectivity index (χ1v) is 9.28. The molecule has 26 heavy (non-hydrogen) atoms. The molecule has 1 heterocycles. The molecule has 1 spiro atoms. The molecule has 0 radical (unpaired) electrons. The zero-order valence-electron chi connectivity index (χ0n) is 14.6. The summed E-state index contributed by atoms with van der Waals surface area (Å²) in [4.78, 5) is 25.2. The van der Waals surface area contributed by atoms with E-state index < -0.39 is 64.4 Å². The van der Waals surface area contributed by atoms with Crippen molar-refractivity contribution in [1.29, 1.82) is 0 Å². The molecule has 142 valence electrons. The van der Waals surface area contributed by atoms with Crippen LogP contribution < -0.4 is 0 Å². The number of fused-ring (bicyclic) bond motifs is 1. The molecule has 7 heteroatoms. The van der Waals surface area contributed by atoms with Gasteiger partial charge in [-0.25, -0.2) is 0 Å². The lowest BCUT2D eigenvalue weighted by atomic mass is 9.58. The first kappa shape index (κ1) is 16.7. The van der Waals surface area contributed by atoms with Crippen LogP contribution in [0.4, 0.5) is 0 Å². The Morgan fingerprint density at radius 1 is 1.23 bits per heavy atom. The van der Waals surface area contributed by atoms with Crippen LogP contribution in [-0.2, 0) is 14.3 Å². The SMILES string of the molecule is C=C1CC23CC1C(O)CC2C12OC(=O)C(C)(C(O)CC1O)C2C3C(=O)O. The van der Waals surface area contributed by atoms with Gasteiger partial charge in [-0.2, -0.15) is 0 Å². The highest BCUT2D eigenvalue weighted by atomic mass is 16.6. The number of hydrogen-bond acceptors (Lipinski definition) is 6. The number of carboxylic acids is 1. The van der Waals surface area contributed by atoms with Crippen molar-refractivity contribution < 1.29 is 34.8 Å². The van der Waals surface area contributed by atoms with E-state index in [2.05, 4.69) is 6.58 Å². The van der Waals surface area contributed by atoms with Crippen molar-refractivity contribution >= 4 is 11.9 Å². The molecule has 4 aliphatic carbocycles. The average Bonchev–Trinajstić information content (AvgIpc) is 3.05. The second-order valence-corrected chi connectivity index (χ2v) is 9.32. The molecule has 7 nitrogen and oxygen atoms in total. The second-order valence-electron chi connectivity index (χ2n) is 9.32. The molecule has 0 aromatic rings. The fourth-order valence-electron chi connectivity index (χ4n) is 7.62. The van der Waals surface area contributed by atoms with Gasteiger partial charge in [-0.1, -0.05) is 12.2 Å². The normalized spacial score (nSPS) is 59.8. The van der Waals surface area contributed by atoms with Gasteiger partial charge in [0.1, 0.15) is 5.60 Å². The van der Waals surface area contributed by atoms with Crippen molar-refractivity contribution in [3.05, 3.63) is 12.2 Å². The van der Waals surface area contributed by atoms with E-state index in [1.165, 1.54) is 0 Å². The maximum absolute atomic E-state index is 12.8. The van der Waals surface area contributed by atoms with E-state index in [4.69, 9.17) is 4.74 Å². The zero-order valence-corrected chi connectivity index (χ0v) is 14.6. The molecular weight excluding hydrogens is 340 g/mol. The summed E-state index contributed by atoms with van der Waals surface area (Å²) in [5.41, 5.74) is -2.59. The molecular formula is C19H24O7. The van der Waals surface area contributed by atoms with Gasteiger partial charge in [-0.05, 0) is 31.6 Å². The molecule has 1 aliphatic heterocycles. The van der Waals surface area contributed by atoms with Crippen molar-refractivity contribution in [2.75, 3.05) is 0 Å². The van der Waals surface area contributed by atoms with Gasteiger partial charge in [0.25, 0.3) is 0 Å². The van der Waals surface area contributed by atoms with E-state index in [1.807, 2.05) is 0 Å². The maximum Gasteiger partial charge on any atom is 0.315 e. The first-order valence-electron chi connectivity index (χ1n) is 9.28. The Hall–Kier alpha value is -1.44. The molecule has 5 fully saturated rings. The minimum atomic E-state index is -1.36. The third kappa shape index (κ3) is 1.43. The van der Waals surface area contributed by atoms with Gasteiger partial charge < -0.3 is 25.2 Å². The van der Waals surface area contributed by atoms with Gasteiger partial charge in [0, 0.05) is 24.2 Å². The third-order valence-corrected chi connectivity index (χ3v) is 8.58. The monoisotopic (exact) mass is 364 g/mol. The quantitative estimate of drug-likeness (QED) is 0.384. The van der Waals surface area contributed by atoms with Crippen LogP contribution in [-0.4, -0.2) is 56.3 Å². The van der Waals surface area contributed by atoms with Crippen molar-refractivity contribution in [3.63, 3.8) is 0 Å². The Morgan fingerprint density at radius 2 is 1.92 bits per heavy atom. The van der Waals surface area contributed by atoms with E-state index in [0.717, 1.165) is 5.57 Å². The fourth-order valence-corrected chi connectivity index (χ4v) is 7.62. The highest BCUT2D eigenvalue weighted by molar-refractivity contribution is 5.85. The van der Waals surface area contributed by atoms with Crippen LogP contribution in [0.1, 0.15) is 32.6 Å². The predicted octanol–water partition coefficient (Wildman–Crippen LogP) is 0.0778. The van der Waals surface area contributed by atoms with E-state index >= 15 is 0 Å². The fraction of sp³-hybridized carbons (Fsp3) is 0.789. The number of hydrogen-bond donors (Lipinski definition) is 4. The number of carbonyl (C=O) groups is 2. The maximum atomic E-state index is 12.8. The number of aliphatic carboxylic acids is 1. The summed E-state index contributed by atoms with van der Waals surface area (Å²) in [5, 5.41) is 42.4. The van der Waals surface area contributed by atoms with Gasteiger partial charge in [0.05, 0.1) is 29.6 Å². The molecule has 4 saturated carbocycles. The van der Waals surface area contributed by atoms with Crippen LogP contribution in [0.25, 0.3) is 0 Å². The summed E-state index contributed by atoms with van der Waals surface area (Å²) in [6, 6.07) is 0. The van der Waals surface area contributed by atoms with E-state index in [1.54, 1.807) is 6.92 Å². The molecule has 10 atom stereocenters. The molecule has 1 saturated heterocycles. The lowest BCUT2D eigenvalue weighted by molar-refractivity contribution is -0.182. The van der Waals surface area contributed by atoms with Crippen LogP contribution in [0.3, 0.4) is 0 Å². The van der Waals surface area contributed by atoms with E-state index in [9.17, 15) is 30.0 Å². The number of esters is 1. The average molecular weight is 364 g/mol. The van der Waals surface area contributed by atoms with Crippen molar-refractivity contribution in [2.24, 2.45) is 34.5 Å². The van der Waals surface area contributed by atoms with Gasteiger partial charge in [0.15, 0.2) is 0 Å². The number of aliphatic hydroxyl groups is 3. The molecule has 5 aliphatic rings. The third-order valence-electron chi connectivity index (χ3n) is 8.58. The van der Waals surface area contributed by atoms with E-state index in [0.29, 0.717) is 12.8 Å². The molecule has 0 aromatic carbocycles. The van der Waals surface area contributed by atoms with Crippen molar-refractivity contribution in [2.45, 2.75) is 56.5 Å². The molecule has 4 bridgehead atoms. The summed E-state index contributed by atoms with van der Waals surface area (Å²) < 4.78 is 5.81. The Bertz CT molecular complexity index is 748. The lowest BCUT2D eigenvalue weighted by Crippen LogP contribution is -2.60. The Morgan fingerprint density at radius 3 is 2.58 bits per heavy atom. The smallest absolute Gasteiger partial charge is 0.315 e. The van der Waals surface area contributed by atoms with Gasteiger partial charge in [0.2, 0.25) is 0 Å². The first-order chi connectivity index (χ1) is 12.1. The Balaban J connectivity index is 1.79. The van der Waals surface area contributed by atoms with Crippen LogP contribution in [0.5, 0.6) is 0 Å². The molecule has 10 unspecified atom stereocenters. The summed E-state index contributed by atoms with van der Waals surface area (Å²) >= 11 is 0. The second kappa shape index (κ2) is 4.51. The highest BCUT2D eigenvalue weighted by Gasteiger charge is 2.86. The van der Waals surface area contributed by atoms with Crippen LogP contribution >= 0.6 is 0 Å².